The third kappa shape index (κ3) is 12.1. The standard InChI is InChI=1S/2C18H16BrN3O2S.2CH4.2Na.H2O/c2*19-17-20-21-18(25-10-16(23)24)22(17)9-12-7-8-14(11-5-6-11)15-4-2-1-3-13(12)15;;;;;/h2*1-4,7-8,11H,5-6,9-10H2,(H,23,24);2*1H4;;;1H2/q;;;;2*+1;/p-2. The zero-order chi connectivity index (χ0) is 34.8. The maximum Gasteiger partial charge on any atom is 1.00 e. The molecular formula is C38H40Br2N6Na2O5S2. The molecule has 0 unspecified atom stereocenters. The van der Waals surface area contributed by atoms with Crippen LogP contribution in [0.3, 0.4) is 0 Å². The van der Waals surface area contributed by atoms with Gasteiger partial charge in [-0.15, -0.1) is 20.4 Å². The molecular weight excluding hydrogens is 890 g/mol. The molecule has 55 heavy (non-hydrogen) atoms. The molecule has 0 bridgehead atoms. The van der Waals surface area contributed by atoms with Crippen LogP contribution < -0.4 is 64.2 Å². The van der Waals surface area contributed by atoms with Gasteiger partial charge in [0.05, 0.1) is 24.8 Å². The third-order valence-electron chi connectivity index (χ3n) is 8.77. The SMILES string of the molecule is C.C.O=C(O)CSc1nnc(Br)n1Cc1ccc(C2CC2)c2ccccc12.O=C([O-])CSc1nnc(Br)n1Cc1ccc(C2CC2)c2ccccc12.[Na+].[Na+].[OH-]. The predicted molar refractivity (Wildman–Crippen MR) is 215 cm³/mol. The Morgan fingerprint density at radius 2 is 1.04 bits per heavy atom. The summed E-state index contributed by atoms with van der Waals surface area (Å²) < 4.78 is 4.98. The normalized spacial score (nSPS) is 12.8. The van der Waals surface area contributed by atoms with E-state index >= 15 is 0 Å². The molecule has 17 heteroatoms. The fourth-order valence-corrected chi connectivity index (χ4v) is 8.45. The minimum Gasteiger partial charge on any atom is -0.870 e. The van der Waals surface area contributed by atoms with Crippen molar-refractivity contribution in [3.63, 3.8) is 0 Å². The fraction of sp³-hybridized carbons (Fsp3) is 0.316. The van der Waals surface area contributed by atoms with Crippen LogP contribution in [0.25, 0.3) is 21.5 Å². The molecule has 11 nitrogen and oxygen atoms in total. The van der Waals surface area contributed by atoms with E-state index in [1.807, 2.05) is 9.13 Å². The summed E-state index contributed by atoms with van der Waals surface area (Å²) in [6, 6.07) is 25.7. The molecule has 0 spiro atoms. The molecule has 6 aromatic rings. The number of hydrogen-bond acceptors (Lipinski definition) is 10. The Morgan fingerprint density at radius 3 is 1.40 bits per heavy atom. The number of carboxylic acid groups (broad SMARTS) is 2. The Morgan fingerprint density at radius 1 is 0.655 bits per heavy atom. The molecule has 8 rings (SSSR count). The third-order valence-corrected chi connectivity index (χ3v) is 11.8. The first-order chi connectivity index (χ1) is 24.3. The van der Waals surface area contributed by atoms with Crippen molar-refractivity contribution in [2.75, 3.05) is 11.5 Å². The number of aliphatic carboxylic acids is 2. The van der Waals surface area contributed by atoms with Crippen LogP contribution in [0.15, 0.2) is 92.6 Å². The van der Waals surface area contributed by atoms with Gasteiger partial charge in [-0.25, -0.2) is 0 Å². The van der Waals surface area contributed by atoms with Crippen molar-refractivity contribution >= 4 is 88.9 Å². The molecule has 2 fully saturated rings. The van der Waals surface area contributed by atoms with Gasteiger partial charge in [0, 0.05) is 5.75 Å². The van der Waals surface area contributed by atoms with E-state index < -0.39 is 11.9 Å². The number of fused-ring (bicyclic) bond motifs is 2. The molecule has 280 valence electrons. The Balaban J connectivity index is 0.000000348. The van der Waals surface area contributed by atoms with Crippen LogP contribution in [0.4, 0.5) is 0 Å². The maximum atomic E-state index is 10.8. The Hall–Kier alpha value is -1.76. The Kier molecular flexibility index (Phi) is 20.1. The summed E-state index contributed by atoms with van der Waals surface area (Å²) >= 11 is 9.12. The van der Waals surface area contributed by atoms with Crippen molar-refractivity contribution in [1.29, 1.82) is 0 Å². The number of carboxylic acids is 2. The molecule has 2 aliphatic rings. The summed E-state index contributed by atoms with van der Waals surface area (Å²) in [4.78, 5) is 21.6. The molecule has 2 heterocycles. The Labute approximate surface area is 390 Å². The minimum atomic E-state index is -1.12. The summed E-state index contributed by atoms with van der Waals surface area (Å²) in [5.41, 5.74) is 5.20. The van der Waals surface area contributed by atoms with Crippen LogP contribution >= 0.6 is 55.4 Å². The van der Waals surface area contributed by atoms with Crippen LogP contribution in [0, 0.1) is 0 Å². The smallest absolute Gasteiger partial charge is 0.870 e. The van der Waals surface area contributed by atoms with E-state index in [0.29, 0.717) is 44.7 Å². The monoisotopic (exact) mass is 928 g/mol. The van der Waals surface area contributed by atoms with Gasteiger partial charge in [-0.3, -0.25) is 13.9 Å². The van der Waals surface area contributed by atoms with Gasteiger partial charge in [0.25, 0.3) is 0 Å². The van der Waals surface area contributed by atoms with Gasteiger partial charge in [0.2, 0.25) is 9.47 Å². The summed E-state index contributed by atoms with van der Waals surface area (Å²) in [5, 5.41) is 42.1. The number of carbonyl (C=O) groups is 2. The van der Waals surface area contributed by atoms with E-state index in [4.69, 9.17) is 5.11 Å². The van der Waals surface area contributed by atoms with Gasteiger partial charge in [0.1, 0.15) is 0 Å². The van der Waals surface area contributed by atoms with Crippen LogP contribution in [0.1, 0.15) is 74.6 Å². The molecule has 0 atom stereocenters. The molecule has 2 saturated carbocycles. The molecule has 0 saturated heterocycles. The number of halogens is 2. The van der Waals surface area contributed by atoms with E-state index in [9.17, 15) is 14.7 Å². The Bertz CT molecular complexity index is 2080. The fourth-order valence-electron chi connectivity index (χ4n) is 6.16. The minimum absolute atomic E-state index is 0. The van der Waals surface area contributed by atoms with Crippen molar-refractivity contribution in [3.8, 4) is 0 Å². The zero-order valence-corrected chi connectivity index (χ0v) is 37.9. The predicted octanol–water partition coefficient (Wildman–Crippen LogP) is 2.36. The van der Waals surface area contributed by atoms with Crippen molar-refractivity contribution in [2.45, 2.75) is 75.8 Å². The second-order valence-electron chi connectivity index (χ2n) is 12.3. The second-order valence-corrected chi connectivity index (χ2v) is 15.6. The molecule has 4 aromatic carbocycles. The summed E-state index contributed by atoms with van der Waals surface area (Å²) in [7, 11) is 0. The zero-order valence-electron chi connectivity index (χ0n) is 29.1. The summed E-state index contributed by atoms with van der Waals surface area (Å²) in [6.45, 7) is 1.18. The number of rotatable bonds is 12. The number of benzene rings is 4. The van der Waals surface area contributed by atoms with Gasteiger partial charge >= 0.3 is 65.1 Å². The molecule has 2 aromatic heterocycles. The van der Waals surface area contributed by atoms with E-state index in [0.717, 1.165) is 17.3 Å². The first-order valence-corrected chi connectivity index (χ1v) is 19.7. The first kappa shape index (κ1) is 49.4. The molecule has 0 radical (unpaired) electrons. The maximum absolute atomic E-state index is 10.8. The van der Waals surface area contributed by atoms with Crippen molar-refractivity contribution in [1.82, 2.24) is 29.5 Å². The van der Waals surface area contributed by atoms with Gasteiger partial charge in [0.15, 0.2) is 10.3 Å². The average Bonchev–Trinajstić information content (AvgIpc) is 4.06. The van der Waals surface area contributed by atoms with E-state index in [2.05, 4.69) is 125 Å². The van der Waals surface area contributed by atoms with Gasteiger partial charge in [-0.2, -0.15) is 0 Å². The largest absolute Gasteiger partial charge is 1.00 e. The van der Waals surface area contributed by atoms with Crippen LogP contribution in [0.2, 0.25) is 0 Å². The van der Waals surface area contributed by atoms with E-state index in [1.54, 1.807) is 0 Å². The average molecular weight is 931 g/mol. The number of carbonyl (C=O) groups excluding carboxylic acids is 1. The van der Waals surface area contributed by atoms with Crippen molar-refractivity contribution in [3.05, 3.63) is 105 Å². The van der Waals surface area contributed by atoms with Crippen LogP contribution in [-0.4, -0.2) is 63.6 Å². The van der Waals surface area contributed by atoms with Crippen LogP contribution in [-0.2, 0) is 22.7 Å². The van der Waals surface area contributed by atoms with Crippen LogP contribution in [0.5, 0.6) is 0 Å². The molecule has 0 aliphatic heterocycles. The number of aromatic nitrogens is 6. The molecule has 0 amide bonds. The first-order valence-electron chi connectivity index (χ1n) is 16.1. The summed E-state index contributed by atoms with van der Waals surface area (Å²) in [6.07, 6.45) is 5.08. The van der Waals surface area contributed by atoms with Gasteiger partial charge < -0.3 is 20.5 Å². The van der Waals surface area contributed by atoms with Gasteiger partial charge in [-0.1, -0.05) is 111 Å². The second kappa shape index (κ2) is 22.4. The molecule has 2 N–H and O–H groups in total. The number of nitrogens with zero attached hydrogens (tertiary/aromatic N) is 6. The van der Waals surface area contributed by atoms with Crippen molar-refractivity contribution in [2.24, 2.45) is 0 Å². The van der Waals surface area contributed by atoms with Crippen molar-refractivity contribution < 1.29 is 84.4 Å². The topological polar surface area (TPSA) is 169 Å². The summed E-state index contributed by atoms with van der Waals surface area (Å²) in [5.74, 6) is -0.777. The van der Waals surface area contributed by atoms with E-state index in [1.165, 1.54) is 75.7 Å². The number of hydrogen-bond donors (Lipinski definition) is 1. The number of thioether (sulfide) groups is 2. The quantitative estimate of drug-likeness (QED) is 0.141. The molecule has 2 aliphatic carbocycles. The van der Waals surface area contributed by atoms with E-state index in [-0.39, 0.29) is 90.9 Å². The van der Waals surface area contributed by atoms with Gasteiger partial charge in [-0.05, 0) is 113 Å².